The van der Waals surface area contributed by atoms with Gasteiger partial charge in [-0.15, -0.1) is 35.3 Å². The lowest BCUT2D eigenvalue weighted by Gasteiger charge is -2.11. The minimum atomic E-state index is -0.0529. The number of rotatable bonds is 10. The third kappa shape index (κ3) is 9.02. The number of aliphatic imine (C=N–C) groups is 1. The lowest BCUT2D eigenvalue weighted by atomic mass is 10.1. The van der Waals surface area contributed by atoms with E-state index < -0.39 is 0 Å². The van der Waals surface area contributed by atoms with E-state index in [4.69, 9.17) is 4.74 Å². The van der Waals surface area contributed by atoms with E-state index in [1.54, 1.807) is 18.4 Å². The molecule has 1 heterocycles. The van der Waals surface area contributed by atoms with Gasteiger partial charge in [-0.1, -0.05) is 26.0 Å². The van der Waals surface area contributed by atoms with Crippen molar-refractivity contribution in [3.63, 3.8) is 0 Å². The summed E-state index contributed by atoms with van der Waals surface area (Å²) in [6, 6.07) is 8.22. The van der Waals surface area contributed by atoms with Crippen LogP contribution < -0.4 is 20.7 Å². The molecule has 0 bridgehead atoms. The van der Waals surface area contributed by atoms with Crippen LogP contribution in [0.4, 0.5) is 0 Å². The summed E-state index contributed by atoms with van der Waals surface area (Å²) in [5.41, 5.74) is 2.32. The molecule has 9 heteroatoms. The van der Waals surface area contributed by atoms with E-state index in [0.717, 1.165) is 42.5 Å². The van der Waals surface area contributed by atoms with Crippen LogP contribution in [0.3, 0.4) is 0 Å². The van der Waals surface area contributed by atoms with Crippen molar-refractivity contribution in [2.45, 2.75) is 51.6 Å². The number of hydrogen-bond acceptors (Lipinski definition) is 5. The Morgan fingerprint density at radius 2 is 2.00 bits per heavy atom. The molecule has 0 atom stereocenters. The fourth-order valence-corrected chi connectivity index (χ4v) is 3.67. The van der Waals surface area contributed by atoms with Gasteiger partial charge in [0, 0.05) is 25.0 Å². The van der Waals surface area contributed by atoms with E-state index in [1.807, 2.05) is 24.3 Å². The molecule has 1 fully saturated rings. The zero-order chi connectivity index (χ0) is 21.3. The molecular formula is C22H32IN5O2S. The second-order valence-corrected chi connectivity index (χ2v) is 8.64. The van der Waals surface area contributed by atoms with Crippen molar-refractivity contribution in [1.29, 1.82) is 0 Å². The molecule has 0 spiro atoms. The van der Waals surface area contributed by atoms with Gasteiger partial charge in [0.15, 0.2) is 12.6 Å². The summed E-state index contributed by atoms with van der Waals surface area (Å²) in [7, 11) is 1.77. The maximum Gasteiger partial charge on any atom is 0.258 e. The minimum Gasteiger partial charge on any atom is -0.484 e. The molecule has 3 N–H and O–H groups in total. The van der Waals surface area contributed by atoms with Gasteiger partial charge in [0.1, 0.15) is 10.8 Å². The first kappa shape index (κ1) is 25.4. The highest BCUT2D eigenvalue weighted by molar-refractivity contribution is 14.0. The number of halogens is 1. The van der Waals surface area contributed by atoms with Crippen molar-refractivity contribution in [2.24, 2.45) is 4.99 Å². The predicted octanol–water partition coefficient (Wildman–Crippen LogP) is 3.45. The van der Waals surface area contributed by atoms with E-state index in [1.165, 1.54) is 5.56 Å². The number of amides is 1. The number of nitrogens with zero attached hydrogens (tertiary/aromatic N) is 2. The molecule has 0 radical (unpaired) electrons. The number of guanidine groups is 1. The fourth-order valence-electron chi connectivity index (χ4n) is 2.77. The van der Waals surface area contributed by atoms with Gasteiger partial charge in [-0.2, -0.15) is 0 Å². The minimum absolute atomic E-state index is 0. The van der Waals surface area contributed by atoms with Gasteiger partial charge in [-0.25, -0.2) is 4.98 Å². The molecule has 0 aliphatic heterocycles. The molecule has 1 aliphatic carbocycles. The Balaban J connectivity index is 0.00000341. The smallest absolute Gasteiger partial charge is 0.258 e. The van der Waals surface area contributed by atoms with Crippen LogP contribution in [0.2, 0.25) is 0 Å². The zero-order valence-corrected chi connectivity index (χ0v) is 21.5. The summed E-state index contributed by atoms with van der Waals surface area (Å²) >= 11 is 1.67. The highest BCUT2D eigenvalue weighted by Gasteiger charge is 2.23. The topological polar surface area (TPSA) is 87.6 Å². The average Bonchev–Trinajstić information content (AvgIpc) is 3.42. The average molecular weight is 558 g/mol. The number of benzene rings is 1. The first-order valence-electron chi connectivity index (χ1n) is 10.4. The highest BCUT2D eigenvalue weighted by Crippen LogP contribution is 2.19. The molecule has 0 saturated heterocycles. The Bertz CT molecular complexity index is 850. The number of thiazole rings is 1. The number of aromatic nitrogens is 1. The Hall–Kier alpha value is -1.88. The summed E-state index contributed by atoms with van der Waals surface area (Å²) in [5.74, 6) is 1.87. The molecule has 1 aliphatic rings. The SMILES string of the molecule is CN=C(NCCc1ccc(OCC(=O)NC2CC2)cc1)NCc1nc(C(C)C)cs1.I. The third-order valence-electron chi connectivity index (χ3n) is 4.73. The first-order chi connectivity index (χ1) is 14.5. The van der Waals surface area contributed by atoms with E-state index in [9.17, 15) is 4.79 Å². The van der Waals surface area contributed by atoms with Crippen molar-refractivity contribution in [3.05, 3.63) is 45.9 Å². The maximum absolute atomic E-state index is 11.7. The predicted molar refractivity (Wildman–Crippen MR) is 137 cm³/mol. The van der Waals surface area contributed by atoms with Crippen molar-refractivity contribution in [1.82, 2.24) is 20.9 Å². The van der Waals surface area contributed by atoms with Crippen LogP contribution >= 0.6 is 35.3 Å². The number of hydrogen-bond donors (Lipinski definition) is 3. The molecule has 3 rings (SSSR count). The quantitative estimate of drug-likeness (QED) is 0.237. The number of carbonyl (C=O) groups excluding carboxylic acids is 1. The molecule has 170 valence electrons. The molecule has 2 aromatic rings. The van der Waals surface area contributed by atoms with Crippen LogP contribution in [0.5, 0.6) is 5.75 Å². The van der Waals surface area contributed by atoms with Gasteiger partial charge in [0.25, 0.3) is 5.91 Å². The lowest BCUT2D eigenvalue weighted by molar-refractivity contribution is -0.123. The molecule has 1 aromatic heterocycles. The van der Waals surface area contributed by atoms with Crippen LogP contribution in [-0.2, 0) is 17.8 Å². The van der Waals surface area contributed by atoms with Gasteiger partial charge >= 0.3 is 0 Å². The van der Waals surface area contributed by atoms with Crippen molar-refractivity contribution in [3.8, 4) is 5.75 Å². The second kappa shape index (κ2) is 12.8. The molecule has 7 nitrogen and oxygen atoms in total. The highest BCUT2D eigenvalue weighted by atomic mass is 127. The monoisotopic (exact) mass is 557 g/mol. The summed E-state index contributed by atoms with van der Waals surface area (Å²) in [4.78, 5) is 20.6. The van der Waals surface area contributed by atoms with E-state index in [-0.39, 0.29) is 36.5 Å². The van der Waals surface area contributed by atoms with Crippen LogP contribution in [0.1, 0.15) is 48.9 Å². The van der Waals surface area contributed by atoms with E-state index >= 15 is 0 Å². The summed E-state index contributed by atoms with van der Waals surface area (Å²) in [6.07, 6.45) is 3.02. The van der Waals surface area contributed by atoms with Gasteiger partial charge in [0.2, 0.25) is 0 Å². The molecular weight excluding hydrogens is 525 g/mol. The third-order valence-corrected chi connectivity index (χ3v) is 5.60. The fraction of sp³-hybridized carbons (Fsp3) is 0.500. The van der Waals surface area contributed by atoms with Crippen molar-refractivity contribution in [2.75, 3.05) is 20.2 Å². The Labute approximate surface area is 205 Å². The second-order valence-electron chi connectivity index (χ2n) is 7.70. The van der Waals surface area contributed by atoms with E-state index in [2.05, 4.69) is 45.2 Å². The van der Waals surface area contributed by atoms with Crippen LogP contribution in [0.25, 0.3) is 0 Å². The standard InChI is InChI=1S/C22H31N5O2S.HI/c1-15(2)19-14-30-21(27-19)12-25-22(23-3)24-11-10-16-4-8-18(9-5-16)29-13-20(28)26-17-6-7-17;/h4-5,8-9,14-15,17H,6-7,10-13H2,1-3H3,(H,26,28)(H2,23,24,25);1H. The van der Waals surface area contributed by atoms with Crippen LogP contribution in [-0.4, -0.2) is 43.1 Å². The van der Waals surface area contributed by atoms with Gasteiger partial charge < -0.3 is 20.7 Å². The Kier molecular flexibility index (Phi) is 10.5. The number of ether oxygens (including phenoxy) is 1. The molecule has 31 heavy (non-hydrogen) atoms. The molecule has 1 amide bonds. The lowest BCUT2D eigenvalue weighted by Crippen LogP contribution is -2.37. The first-order valence-corrected chi connectivity index (χ1v) is 11.3. The van der Waals surface area contributed by atoms with Crippen LogP contribution in [0, 0.1) is 0 Å². The summed E-state index contributed by atoms with van der Waals surface area (Å²) < 4.78 is 5.54. The Morgan fingerprint density at radius 3 is 2.61 bits per heavy atom. The van der Waals surface area contributed by atoms with Gasteiger partial charge in [-0.3, -0.25) is 9.79 Å². The van der Waals surface area contributed by atoms with E-state index in [0.29, 0.717) is 24.3 Å². The van der Waals surface area contributed by atoms with Gasteiger partial charge in [-0.05, 0) is 42.9 Å². The maximum atomic E-state index is 11.7. The summed E-state index contributed by atoms with van der Waals surface area (Å²) in [5, 5.41) is 12.7. The Morgan fingerprint density at radius 1 is 1.26 bits per heavy atom. The number of nitrogens with one attached hydrogen (secondary N) is 3. The van der Waals surface area contributed by atoms with Gasteiger partial charge in [0.05, 0.1) is 12.2 Å². The molecule has 1 aromatic carbocycles. The van der Waals surface area contributed by atoms with Crippen molar-refractivity contribution < 1.29 is 9.53 Å². The summed E-state index contributed by atoms with van der Waals surface area (Å²) in [6.45, 7) is 5.79. The zero-order valence-electron chi connectivity index (χ0n) is 18.3. The van der Waals surface area contributed by atoms with Crippen LogP contribution in [0.15, 0.2) is 34.6 Å². The molecule has 1 saturated carbocycles. The number of carbonyl (C=O) groups is 1. The van der Waals surface area contributed by atoms with Crippen molar-refractivity contribution >= 4 is 47.2 Å². The molecule has 0 unspecified atom stereocenters. The normalized spacial score (nSPS) is 13.5. The largest absolute Gasteiger partial charge is 0.484 e.